The number of benzene rings is 2. The SMILES string of the molecule is COc1cc(C2CCN(C3COC3)CC2)ccc1Nc1ncc(-c2ccc(Cl)c(OC(C)Cn3cnnn3)c2)cn1. The molecular weight excluding hydrogens is 544 g/mol. The van der Waals surface area contributed by atoms with Gasteiger partial charge in [0, 0.05) is 18.0 Å². The molecule has 2 fully saturated rings. The molecule has 41 heavy (non-hydrogen) atoms. The standard InChI is InChI=1S/C29H33ClN8O3/c1-19(15-38-18-33-35-36-38)41-27-11-22(3-5-25(27)30)23-13-31-29(32-14-23)34-26-6-4-21(12-28(26)39-2)20-7-9-37(10-8-20)24-16-40-17-24/h3-6,11-14,18-20,24H,7-10,15-17H2,1-2H3,(H,31,32,34). The van der Waals surface area contributed by atoms with Crippen LogP contribution in [0.2, 0.25) is 5.02 Å². The van der Waals surface area contributed by atoms with Gasteiger partial charge >= 0.3 is 0 Å². The van der Waals surface area contributed by atoms with Crippen LogP contribution in [0.25, 0.3) is 11.1 Å². The molecular formula is C29H33ClN8O3. The van der Waals surface area contributed by atoms with Crippen molar-refractivity contribution in [1.29, 1.82) is 0 Å². The van der Waals surface area contributed by atoms with Crippen LogP contribution in [0.1, 0.15) is 31.2 Å². The van der Waals surface area contributed by atoms with E-state index in [1.54, 1.807) is 36.6 Å². The molecule has 214 valence electrons. The zero-order chi connectivity index (χ0) is 28.2. The summed E-state index contributed by atoms with van der Waals surface area (Å²) >= 11 is 6.41. The van der Waals surface area contributed by atoms with E-state index in [4.69, 9.17) is 25.8 Å². The third kappa shape index (κ3) is 6.42. The van der Waals surface area contributed by atoms with Gasteiger partial charge in [0.05, 0.1) is 43.6 Å². The number of ether oxygens (including phenoxy) is 3. The Morgan fingerprint density at radius 1 is 1.05 bits per heavy atom. The highest BCUT2D eigenvalue weighted by atomic mass is 35.5. The van der Waals surface area contributed by atoms with Gasteiger partial charge in [-0.1, -0.05) is 23.7 Å². The number of halogens is 1. The summed E-state index contributed by atoms with van der Waals surface area (Å²) in [5, 5.41) is 15.0. The Balaban J connectivity index is 1.10. The third-order valence-electron chi connectivity index (χ3n) is 7.69. The fourth-order valence-electron chi connectivity index (χ4n) is 5.31. The monoisotopic (exact) mass is 576 g/mol. The van der Waals surface area contributed by atoms with Gasteiger partial charge in [0.2, 0.25) is 5.95 Å². The number of tetrazole rings is 1. The van der Waals surface area contributed by atoms with Crippen molar-refractivity contribution >= 4 is 23.2 Å². The summed E-state index contributed by atoms with van der Waals surface area (Å²) < 4.78 is 18.8. The Kier molecular flexibility index (Phi) is 8.26. The molecule has 1 atom stereocenters. The van der Waals surface area contributed by atoms with Gasteiger partial charge in [-0.3, -0.25) is 4.90 Å². The zero-order valence-corrected chi connectivity index (χ0v) is 23.9. The molecule has 2 aliphatic rings. The molecule has 0 spiro atoms. The Labute approximate surface area is 243 Å². The molecule has 2 aromatic heterocycles. The number of nitrogens with one attached hydrogen (secondary N) is 1. The number of hydrogen-bond acceptors (Lipinski definition) is 10. The number of nitrogens with zero attached hydrogens (tertiary/aromatic N) is 7. The van der Waals surface area contributed by atoms with Crippen LogP contribution in [0, 0.1) is 0 Å². The van der Waals surface area contributed by atoms with Gasteiger partial charge in [0.25, 0.3) is 0 Å². The highest BCUT2D eigenvalue weighted by molar-refractivity contribution is 6.32. The van der Waals surface area contributed by atoms with Crippen LogP contribution in [0.5, 0.6) is 11.5 Å². The molecule has 4 aromatic rings. The summed E-state index contributed by atoms with van der Waals surface area (Å²) in [7, 11) is 1.69. The topological polar surface area (TPSA) is 112 Å². The lowest BCUT2D eigenvalue weighted by atomic mass is 9.88. The molecule has 1 N–H and O–H groups in total. The van der Waals surface area contributed by atoms with E-state index in [0.717, 1.165) is 61.7 Å². The first kappa shape index (κ1) is 27.4. The first-order valence-electron chi connectivity index (χ1n) is 13.8. The predicted molar refractivity (Wildman–Crippen MR) is 155 cm³/mol. The van der Waals surface area contributed by atoms with Crippen molar-refractivity contribution in [1.82, 2.24) is 35.1 Å². The fourth-order valence-corrected chi connectivity index (χ4v) is 5.48. The van der Waals surface area contributed by atoms with Gasteiger partial charge in [-0.2, -0.15) is 0 Å². The average Bonchev–Trinajstić information content (AvgIpc) is 3.47. The Morgan fingerprint density at radius 2 is 1.85 bits per heavy atom. The van der Waals surface area contributed by atoms with Crippen molar-refractivity contribution in [2.75, 3.05) is 38.7 Å². The quantitative estimate of drug-likeness (QED) is 0.288. The number of aromatic nitrogens is 6. The predicted octanol–water partition coefficient (Wildman–Crippen LogP) is 4.58. The van der Waals surface area contributed by atoms with Crippen LogP contribution in [-0.4, -0.2) is 80.6 Å². The van der Waals surface area contributed by atoms with Crippen LogP contribution in [0.3, 0.4) is 0 Å². The van der Waals surface area contributed by atoms with Crippen LogP contribution < -0.4 is 14.8 Å². The molecule has 4 heterocycles. The van der Waals surface area contributed by atoms with Gasteiger partial charge < -0.3 is 19.5 Å². The summed E-state index contributed by atoms with van der Waals surface area (Å²) in [5.74, 6) is 2.36. The lowest BCUT2D eigenvalue weighted by molar-refractivity contribution is -0.0712. The molecule has 12 heteroatoms. The number of likely N-dealkylation sites (tertiary alicyclic amines) is 1. The van der Waals surface area contributed by atoms with E-state index in [9.17, 15) is 0 Å². The van der Waals surface area contributed by atoms with Crippen LogP contribution in [-0.2, 0) is 11.3 Å². The van der Waals surface area contributed by atoms with Crippen molar-refractivity contribution < 1.29 is 14.2 Å². The zero-order valence-electron chi connectivity index (χ0n) is 23.1. The Hall–Kier alpha value is -3.80. The lowest BCUT2D eigenvalue weighted by Crippen LogP contribution is -2.51. The van der Waals surface area contributed by atoms with E-state index in [1.165, 1.54) is 5.56 Å². The number of hydrogen-bond donors (Lipinski definition) is 1. The van der Waals surface area contributed by atoms with E-state index in [2.05, 4.69) is 53.9 Å². The molecule has 2 aromatic carbocycles. The fraction of sp³-hybridized carbons (Fsp3) is 0.414. The molecule has 0 saturated carbocycles. The molecule has 2 aliphatic heterocycles. The second kappa shape index (κ2) is 12.4. The molecule has 6 rings (SSSR count). The van der Waals surface area contributed by atoms with Crippen LogP contribution >= 0.6 is 11.6 Å². The van der Waals surface area contributed by atoms with Gasteiger partial charge in [0.15, 0.2) is 0 Å². The maximum absolute atomic E-state index is 6.41. The van der Waals surface area contributed by atoms with E-state index in [1.807, 2.05) is 19.1 Å². The van der Waals surface area contributed by atoms with Gasteiger partial charge in [-0.05, 0) is 84.6 Å². The van der Waals surface area contributed by atoms with Crippen LogP contribution in [0.15, 0.2) is 55.1 Å². The lowest BCUT2D eigenvalue weighted by Gasteiger charge is -2.41. The number of anilines is 2. The molecule has 11 nitrogen and oxygen atoms in total. The molecule has 0 aliphatic carbocycles. The summed E-state index contributed by atoms with van der Waals surface area (Å²) in [5.41, 5.74) is 3.86. The van der Waals surface area contributed by atoms with E-state index >= 15 is 0 Å². The number of piperidine rings is 1. The Bertz CT molecular complexity index is 1440. The second-order valence-corrected chi connectivity index (χ2v) is 10.9. The molecule has 0 radical (unpaired) electrons. The molecule has 2 saturated heterocycles. The molecule has 0 amide bonds. The van der Waals surface area contributed by atoms with Crippen molar-refractivity contribution in [2.24, 2.45) is 0 Å². The van der Waals surface area contributed by atoms with Gasteiger partial charge in [0.1, 0.15) is 23.9 Å². The highest BCUT2D eigenvalue weighted by Crippen LogP contribution is 2.36. The normalized spacial score (nSPS) is 17.1. The van der Waals surface area contributed by atoms with E-state index in [-0.39, 0.29) is 6.10 Å². The largest absolute Gasteiger partial charge is 0.495 e. The minimum atomic E-state index is -0.189. The van der Waals surface area contributed by atoms with Gasteiger partial charge in [-0.15, -0.1) is 5.10 Å². The number of methoxy groups -OCH3 is 1. The minimum absolute atomic E-state index is 0.189. The maximum Gasteiger partial charge on any atom is 0.227 e. The summed E-state index contributed by atoms with van der Waals surface area (Å²) in [6.07, 6.45) is 7.19. The Morgan fingerprint density at radius 3 is 2.54 bits per heavy atom. The molecule has 1 unspecified atom stereocenters. The third-order valence-corrected chi connectivity index (χ3v) is 8.00. The summed E-state index contributed by atoms with van der Waals surface area (Å²) in [6, 6.07) is 12.6. The first-order chi connectivity index (χ1) is 20.1. The molecule has 0 bridgehead atoms. The van der Waals surface area contributed by atoms with Crippen molar-refractivity contribution in [3.63, 3.8) is 0 Å². The highest BCUT2D eigenvalue weighted by Gasteiger charge is 2.30. The van der Waals surface area contributed by atoms with Crippen LogP contribution in [0.4, 0.5) is 11.6 Å². The minimum Gasteiger partial charge on any atom is -0.495 e. The first-order valence-corrected chi connectivity index (χ1v) is 14.2. The second-order valence-electron chi connectivity index (χ2n) is 10.5. The summed E-state index contributed by atoms with van der Waals surface area (Å²) in [4.78, 5) is 11.7. The average molecular weight is 577 g/mol. The van der Waals surface area contributed by atoms with E-state index in [0.29, 0.717) is 35.2 Å². The van der Waals surface area contributed by atoms with Crippen molar-refractivity contribution in [3.05, 3.63) is 65.7 Å². The maximum atomic E-state index is 6.41. The van der Waals surface area contributed by atoms with Gasteiger partial charge in [-0.25, -0.2) is 14.6 Å². The summed E-state index contributed by atoms with van der Waals surface area (Å²) in [6.45, 7) is 6.41. The smallest absolute Gasteiger partial charge is 0.227 e. The van der Waals surface area contributed by atoms with E-state index < -0.39 is 0 Å². The van der Waals surface area contributed by atoms with Crippen molar-refractivity contribution in [3.8, 4) is 22.6 Å². The van der Waals surface area contributed by atoms with Crippen molar-refractivity contribution in [2.45, 2.75) is 44.4 Å². The number of rotatable bonds is 10.